The SMILES string of the molecule is CC(Oc1ccc(F)cc1CO)C(=O)NC1CCCCC1. The Bertz CT molecular complexity index is 486. The van der Waals surface area contributed by atoms with Crippen molar-refractivity contribution in [3.8, 4) is 5.75 Å². The van der Waals surface area contributed by atoms with Crippen LogP contribution >= 0.6 is 0 Å². The number of ether oxygens (including phenoxy) is 1. The maximum absolute atomic E-state index is 13.1. The molecule has 4 nitrogen and oxygen atoms in total. The second-order valence-electron chi connectivity index (χ2n) is 5.51. The van der Waals surface area contributed by atoms with E-state index in [-0.39, 0.29) is 18.6 Å². The van der Waals surface area contributed by atoms with E-state index in [0.29, 0.717) is 11.3 Å². The molecular weight excluding hydrogens is 273 g/mol. The predicted octanol–water partition coefficient (Wildman–Crippen LogP) is 2.53. The van der Waals surface area contributed by atoms with Crippen molar-refractivity contribution >= 4 is 5.91 Å². The van der Waals surface area contributed by atoms with Crippen LogP contribution in [0.4, 0.5) is 4.39 Å². The van der Waals surface area contributed by atoms with Gasteiger partial charge in [0.2, 0.25) is 0 Å². The average molecular weight is 295 g/mol. The van der Waals surface area contributed by atoms with E-state index in [4.69, 9.17) is 4.74 Å². The highest BCUT2D eigenvalue weighted by atomic mass is 19.1. The minimum absolute atomic E-state index is 0.171. The number of benzene rings is 1. The van der Waals surface area contributed by atoms with E-state index in [1.807, 2.05) is 0 Å². The smallest absolute Gasteiger partial charge is 0.260 e. The molecule has 0 aromatic heterocycles. The molecule has 2 N–H and O–H groups in total. The molecule has 1 unspecified atom stereocenters. The number of amides is 1. The zero-order valence-corrected chi connectivity index (χ0v) is 12.3. The third-order valence-corrected chi connectivity index (χ3v) is 3.82. The van der Waals surface area contributed by atoms with Crippen LogP contribution in [0.15, 0.2) is 18.2 Å². The molecule has 1 atom stereocenters. The molecule has 2 rings (SSSR count). The molecule has 1 saturated carbocycles. The van der Waals surface area contributed by atoms with E-state index in [9.17, 15) is 14.3 Å². The van der Waals surface area contributed by atoms with Gasteiger partial charge in [-0.25, -0.2) is 4.39 Å². The fourth-order valence-electron chi connectivity index (χ4n) is 2.60. The van der Waals surface area contributed by atoms with E-state index in [1.165, 1.54) is 24.6 Å². The first-order chi connectivity index (χ1) is 10.1. The lowest BCUT2D eigenvalue weighted by Crippen LogP contribution is -2.43. The minimum atomic E-state index is -0.678. The Labute approximate surface area is 124 Å². The molecule has 1 amide bonds. The van der Waals surface area contributed by atoms with Gasteiger partial charge in [0, 0.05) is 11.6 Å². The summed E-state index contributed by atoms with van der Waals surface area (Å²) in [6, 6.07) is 4.12. The normalized spacial score (nSPS) is 17.3. The summed E-state index contributed by atoms with van der Waals surface area (Å²) < 4.78 is 18.6. The van der Waals surface area contributed by atoms with Gasteiger partial charge in [-0.1, -0.05) is 19.3 Å². The third kappa shape index (κ3) is 4.43. The molecule has 1 aromatic carbocycles. The van der Waals surface area contributed by atoms with Gasteiger partial charge >= 0.3 is 0 Å². The highest BCUT2D eigenvalue weighted by Gasteiger charge is 2.21. The van der Waals surface area contributed by atoms with Crippen molar-refractivity contribution < 1.29 is 19.0 Å². The first-order valence-corrected chi connectivity index (χ1v) is 7.46. The standard InChI is InChI=1S/C16H22FNO3/c1-11(16(20)18-14-5-3-2-4-6-14)21-15-8-7-13(17)9-12(15)10-19/h7-9,11,14,19H,2-6,10H2,1H3,(H,18,20). The molecule has 21 heavy (non-hydrogen) atoms. The Morgan fingerprint density at radius 2 is 2.14 bits per heavy atom. The highest BCUT2D eigenvalue weighted by molar-refractivity contribution is 5.81. The summed E-state index contributed by atoms with van der Waals surface area (Å²) in [4.78, 5) is 12.1. The molecule has 0 aliphatic heterocycles. The number of nitrogens with one attached hydrogen (secondary N) is 1. The Morgan fingerprint density at radius 1 is 1.43 bits per heavy atom. The summed E-state index contributed by atoms with van der Waals surface area (Å²) in [6.45, 7) is 1.33. The first kappa shape index (κ1) is 15.8. The summed E-state index contributed by atoms with van der Waals surface area (Å²) in [7, 11) is 0. The molecule has 0 saturated heterocycles. The van der Waals surface area contributed by atoms with E-state index in [2.05, 4.69) is 5.32 Å². The van der Waals surface area contributed by atoms with Gasteiger partial charge in [0.05, 0.1) is 6.61 Å². The van der Waals surface area contributed by atoms with Crippen molar-refractivity contribution in [2.24, 2.45) is 0 Å². The fourth-order valence-corrected chi connectivity index (χ4v) is 2.60. The maximum atomic E-state index is 13.1. The predicted molar refractivity (Wildman–Crippen MR) is 77.4 cm³/mol. The highest BCUT2D eigenvalue weighted by Crippen LogP contribution is 2.22. The lowest BCUT2D eigenvalue weighted by Gasteiger charge is -2.25. The molecule has 0 radical (unpaired) electrons. The zero-order valence-electron chi connectivity index (χ0n) is 12.3. The van der Waals surface area contributed by atoms with Gasteiger partial charge in [0.25, 0.3) is 5.91 Å². The van der Waals surface area contributed by atoms with E-state index in [0.717, 1.165) is 25.7 Å². The Kier molecular flexibility index (Phi) is 5.56. The summed E-state index contributed by atoms with van der Waals surface area (Å²) in [6.07, 6.45) is 4.86. The van der Waals surface area contributed by atoms with Gasteiger partial charge in [-0.05, 0) is 38.0 Å². The summed E-state index contributed by atoms with van der Waals surface area (Å²) in [5.41, 5.74) is 0.340. The molecule has 1 fully saturated rings. The van der Waals surface area contributed by atoms with Crippen LogP contribution in [0.5, 0.6) is 5.75 Å². The first-order valence-electron chi connectivity index (χ1n) is 7.46. The number of aliphatic hydroxyl groups is 1. The van der Waals surface area contributed by atoms with Crippen LogP contribution in [-0.4, -0.2) is 23.2 Å². The number of rotatable bonds is 5. The van der Waals surface area contributed by atoms with Gasteiger partial charge in [-0.2, -0.15) is 0 Å². The number of aliphatic hydroxyl groups excluding tert-OH is 1. The van der Waals surface area contributed by atoms with E-state index < -0.39 is 11.9 Å². The van der Waals surface area contributed by atoms with Crippen molar-refractivity contribution in [3.05, 3.63) is 29.6 Å². The van der Waals surface area contributed by atoms with Gasteiger partial charge in [-0.3, -0.25) is 4.79 Å². The van der Waals surface area contributed by atoms with Crippen LogP contribution in [0, 0.1) is 5.82 Å². The molecule has 0 bridgehead atoms. The molecule has 1 aliphatic carbocycles. The molecule has 0 heterocycles. The van der Waals surface area contributed by atoms with Gasteiger partial charge in [0.15, 0.2) is 6.10 Å². The largest absolute Gasteiger partial charge is 0.481 e. The quantitative estimate of drug-likeness (QED) is 0.877. The number of hydrogen-bond donors (Lipinski definition) is 2. The molecule has 0 spiro atoms. The van der Waals surface area contributed by atoms with Gasteiger partial charge < -0.3 is 15.2 Å². The second kappa shape index (κ2) is 7.41. The van der Waals surface area contributed by atoms with E-state index in [1.54, 1.807) is 6.92 Å². The van der Waals surface area contributed by atoms with Gasteiger partial charge in [-0.15, -0.1) is 0 Å². The van der Waals surface area contributed by atoms with Crippen molar-refractivity contribution in [2.45, 2.75) is 57.8 Å². The average Bonchev–Trinajstić information content (AvgIpc) is 2.49. The summed E-state index contributed by atoms with van der Waals surface area (Å²) >= 11 is 0. The van der Waals surface area contributed by atoms with Crippen LogP contribution in [0.3, 0.4) is 0 Å². The van der Waals surface area contributed by atoms with E-state index >= 15 is 0 Å². The van der Waals surface area contributed by atoms with Crippen LogP contribution < -0.4 is 10.1 Å². The van der Waals surface area contributed by atoms with Crippen LogP contribution in [-0.2, 0) is 11.4 Å². The van der Waals surface area contributed by atoms with Crippen LogP contribution in [0.1, 0.15) is 44.6 Å². The number of carbonyl (C=O) groups is 1. The third-order valence-electron chi connectivity index (χ3n) is 3.82. The van der Waals surface area contributed by atoms with Crippen molar-refractivity contribution in [1.29, 1.82) is 0 Å². The maximum Gasteiger partial charge on any atom is 0.260 e. The minimum Gasteiger partial charge on any atom is -0.481 e. The van der Waals surface area contributed by atoms with Crippen LogP contribution in [0.25, 0.3) is 0 Å². The number of hydrogen-bond acceptors (Lipinski definition) is 3. The second-order valence-corrected chi connectivity index (χ2v) is 5.51. The number of halogens is 1. The Hall–Kier alpha value is -1.62. The summed E-state index contributed by atoms with van der Waals surface area (Å²) in [5, 5.41) is 12.2. The molecule has 116 valence electrons. The Balaban J connectivity index is 1.93. The van der Waals surface area contributed by atoms with Crippen molar-refractivity contribution in [1.82, 2.24) is 5.32 Å². The summed E-state index contributed by atoms with van der Waals surface area (Å²) in [5.74, 6) is -0.272. The fraction of sp³-hybridized carbons (Fsp3) is 0.562. The molecule has 1 aromatic rings. The molecule has 5 heteroatoms. The zero-order chi connectivity index (χ0) is 15.2. The number of carbonyl (C=O) groups excluding carboxylic acids is 1. The topological polar surface area (TPSA) is 58.6 Å². The lowest BCUT2D eigenvalue weighted by atomic mass is 9.95. The van der Waals surface area contributed by atoms with Crippen molar-refractivity contribution in [3.63, 3.8) is 0 Å². The lowest BCUT2D eigenvalue weighted by molar-refractivity contribution is -0.128. The monoisotopic (exact) mass is 295 g/mol. The van der Waals surface area contributed by atoms with Crippen LogP contribution in [0.2, 0.25) is 0 Å². The van der Waals surface area contributed by atoms with Gasteiger partial charge in [0.1, 0.15) is 11.6 Å². The molecule has 1 aliphatic rings. The molecular formula is C16H22FNO3. The Morgan fingerprint density at radius 3 is 2.81 bits per heavy atom. The van der Waals surface area contributed by atoms with Crippen molar-refractivity contribution in [2.75, 3.05) is 0 Å².